The quantitative estimate of drug-likeness (QED) is 0.294. The molecule has 0 aliphatic rings. The molecule has 0 radical (unpaired) electrons. The highest BCUT2D eigenvalue weighted by molar-refractivity contribution is 7.11. The van der Waals surface area contributed by atoms with Gasteiger partial charge in [0.2, 0.25) is 11.8 Å². The standard InChI is InChI=1S/C28H42N2O5S/c1-7-35-16-8-14-29(27(31)17-21(2)3)20-28(32)30(19-24-11-9-22(4)36-24)15-13-23-10-12-25(33-5)26(18-23)34-6/h9-12,18,21H,7-8,13-17,19-20H2,1-6H3. The summed E-state index contributed by atoms with van der Waals surface area (Å²) in [4.78, 5) is 32.4. The number of hydrogen-bond acceptors (Lipinski definition) is 6. The summed E-state index contributed by atoms with van der Waals surface area (Å²) in [7, 11) is 3.23. The first kappa shape index (κ1) is 29.6. The molecule has 200 valence electrons. The van der Waals surface area contributed by atoms with Crippen LogP contribution in [0.15, 0.2) is 30.3 Å². The lowest BCUT2D eigenvalue weighted by Crippen LogP contribution is -2.44. The number of carbonyl (C=O) groups is 2. The Labute approximate surface area is 220 Å². The van der Waals surface area contributed by atoms with E-state index in [-0.39, 0.29) is 24.3 Å². The predicted molar refractivity (Wildman–Crippen MR) is 145 cm³/mol. The van der Waals surface area contributed by atoms with Gasteiger partial charge in [-0.15, -0.1) is 11.3 Å². The zero-order valence-corrected chi connectivity index (χ0v) is 23.5. The number of thiophene rings is 1. The predicted octanol–water partition coefficient (Wildman–Crippen LogP) is 4.95. The molecule has 0 saturated heterocycles. The van der Waals surface area contributed by atoms with Crippen molar-refractivity contribution in [2.75, 3.05) is 47.1 Å². The van der Waals surface area contributed by atoms with Crippen LogP contribution in [0.25, 0.3) is 0 Å². The molecule has 0 N–H and O–H groups in total. The van der Waals surface area contributed by atoms with Gasteiger partial charge in [0.1, 0.15) is 0 Å². The van der Waals surface area contributed by atoms with E-state index in [2.05, 4.69) is 19.1 Å². The second-order valence-electron chi connectivity index (χ2n) is 9.23. The number of nitrogens with zero attached hydrogens (tertiary/aromatic N) is 2. The van der Waals surface area contributed by atoms with Crippen molar-refractivity contribution in [2.24, 2.45) is 5.92 Å². The highest BCUT2D eigenvalue weighted by atomic mass is 32.1. The molecule has 1 aromatic heterocycles. The molecule has 2 rings (SSSR count). The van der Waals surface area contributed by atoms with Crippen LogP contribution in [0.1, 0.15) is 48.9 Å². The number of hydrogen-bond donors (Lipinski definition) is 0. The highest BCUT2D eigenvalue weighted by Crippen LogP contribution is 2.28. The minimum absolute atomic E-state index is 0.0154. The van der Waals surface area contributed by atoms with Gasteiger partial charge >= 0.3 is 0 Å². The third-order valence-electron chi connectivity index (χ3n) is 5.80. The average molecular weight is 519 g/mol. The normalized spacial score (nSPS) is 11.0. The summed E-state index contributed by atoms with van der Waals surface area (Å²) in [5, 5.41) is 0. The van der Waals surface area contributed by atoms with Crippen LogP contribution in [0.4, 0.5) is 0 Å². The number of ether oxygens (including phenoxy) is 3. The van der Waals surface area contributed by atoms with E-state index in [1.165, 1.54) is 4.88 Å². The zero-order chi connectivity index (χ0) is 26.5. The van der Waals surface area contributed by atoms with E-state index in [1.807, 2.05) is 43.9 Å². The zero-order valence-electron chi connectivity index (χ0n) is 22.7. The van der Waals surface area contributed by atoms with E-state index in [4.69, 9.17) is 14.2 Å². The number of amides is 2. The van der Waals surface area contributed by atoms with Crippen molar-refractivity contribution in [2.45, 2.75) is 53.5 Å². The summed E-state index contributed by atoms with van der Waals surface area (Å²) in [5.41, 5.74) is 1.05. The third kappa shape index (κ3) is 9.82. The maximum absolute atomic E-state index is 13.5. The van der Waals surface area contributed by atoms with E-state index < -0.39 is 0 Å². The van der Waals surface area contributed by atoms with Gasteiger partial charge in [0, 0.05) is 42.5 Å². The van der Waals surface area contributed by atoms with Crippen LogP contribution >= 0.6 is 11.3 Å². The maximum atomic E-state index is 13.5. The van der Waals surface area contributed by atoms with E-state index in [0.29, 0.717) is 63.6 Å². The monoisotopic (exact) mass is 518 g/mol. The van der Waals surface area contributed by atoms with Gasteiger partial charge in [-0.25, -0.2) is 0 Å². The molecule has 2 aromatic rings. The first-order chi connectivity index (χ1) is 17.3. The Hall–Kier alpha value is -2.58. The Morgan fingerprint density at radius 3 is 2.33 bits per heavy atom. The molecule has 0 aliphatic carbocycles. The first-order valence-corrected chi connectivity index (χ1v) is 13.5. The van der Waals surface area contributed by atoms with Crippen molar-refractivity contribution in [1.29, 1.82) is 0 Å². The second kappa shape index (κ2) is 15.5. The van der Waals surface area contributed by atoms with Gasteiger partial charge in [0.15, 0.2) is 11.5 Å². The van der Waals surface area contributed by atoms with Crippen molar-refractivity contribution in [1.82, 2.24) is 9.80 Å². The topological polar surface area (TPSA) is 68.3 Å². The highest BCUT2D eigenvalue weighted by Gasteiger charge is 2.22. The number of aryl methyl sites for hydroxylation is 1. The Morgan fingerprint density at radius 2 is 1.72 bits per heavy atom. The van der Waals surface area contributed by atoms with Gasteiger partial charge < -0.3 is 24.0 Å². The Balaban J connectivity index is 2.16. The first-order valence-electron chi connectivity index (χ1n) is 12.7. The smallest absolute Gasteiger partial charge is 0.242 e. The molecule has 2 amide bonds. The Morgan fingerprint density at radius 1 is 0.972 bits per heavy atom. The lowest BCUT2D eigenvalue weighted by atomic mass is 10.1. The number of methoxy groups -OCH3 is 2. The lowest BCUT2D eigenvalue weighted by molar-refractivity contribution is -0.141. The van der Waals surface area contributed by atoms with Crippen molar-refractivity contribution in [3.63, 3.8) is 0 Å². The van der Waals surface area contributed by atoms with Crippen molar-refractivity contribution >= 4 is 23.2 Å². The molecule has 1 heterocycles. The molecule has 0 unspecified atom stereocenters. The Kier molecular flexibility index (Phi) is 12.8. The van der Waals surface area contributed by atoms with E-state index >= 15 is 0 Å². The molecule has 0 fully saturated rings. The molecule has 36 heavy (non-hydrogen) atoms. The molecule has 8 heteroatoms. The second-order valence-corrected chi connectivity index (χ2v) is 10.6. The van der Waals surface area contributed by atoms with Crippen LogP contribution in [-0.2, 0) is 27.3 Å². The SMILES string of the molecule is CCOCCCN(CC(=O)N(CCc1ccc(OC)c(OC)c1)Cc1ccc(C)s1)C(=O)CC(C)C. The molecule has 0 aliphatic heterocycles. The van der Waals surface area contributed by atoms with Crippen LogP contribution in [0, 0.1) is 12.8 Å². The van der Waals surface area contributed by atoms with Gasteiger partial charge in [0.05, 0.1) is 27.3 Å². The van der Waals surface area contributed by atoms with Gasteiger partial charge in [-0.3, -0.25) is 9.59 Å². The lowest BCUT2D eigenvalue weighted by Gasteiger charge is -2.28. The number of benzene rings is 1. The van der Waals surface area contributed by atoms with Crippen LogP contribution < -0.4 is 9.47 Å². The molecule has 0 bridgehead atoms. The fraction of sp³-hybridized carbons (Fsp3) is 0.571. The molecular weight excluding hydrogens is 476 g/mol. The minimum atomic E-state index is -0.0463. The van der Waals surface area contributed by atoms with Crippen molar-refractivity contribution in [3.8, 4) is 11.5 Å². The van der Waals surface area contributed by atoms with Crippen LogP contribution in [0.2, 0.25) is 0 Å². The van der Waals surface area contributed by atoms with E-state index in [0.717, 1.165) is 10.4 Å². The third-order valence-corrected chi connectivity index (χ3v) is 6.78. The van der Waals surface area contributed by atoms with Gasteiger partial charge in [0.25, 0.3) is 0 Å². The summed E-state index contributed by atoms with van der Waals surface area (Å²) in [6.07, 6.45) is 1.80. The molecule has 0 spiro atoms. The number of rotatable bonds is 16. The van der Waals surface area contributed by atoms with Crippen LogP contribution in [-0.4, -0.2) is 68.7 Å². The van der Waals surface area contributed by atoms with Gasteiger partial charge in [-0.2, -0.15) is 0 Å². The van der Waals surface area contributed by atoms with Gasteiger partial charge in [-0.1, -0.05) is 19.9 Å². The van der Waals surface area contributed by atoms with Crippen LogP contribution in [0.3, 0.4) is 0 Å². The molecule has 7 nitrogen and oxygen atoms in total. The summed E-state index contributed by atoms with van der Waals surface area (Å²) in [6, 6.07) is 9.96. The molecule has 1 aromatic carbocycles. The van der Waals surface area contributed by atoms with Crippen molar-refractivity contribution in [3.05, 3.63) is 45.6 Å². The average Bonchev–Trinajstić information content (AvgIpc) is 3.27. The molecule has 0 saturated carbocycles. The summed E-state index contributed by atoms with van der Waals surface area (Å²) in [5.74, 6) is 1.55. The molecular formula is C28H42N2O5S. The summed E-state index contributed by atoms with van der Waals surface area (Å²) < 4.78 is 16.2. The van der Waals surface area contributed by atoms with Gasteiger partial charge in [-0.05, 0) is 62.4 Å². The Bertz CT molecular complexity index is 959. The van der Waals surface area contributed by atoms with Crippen molar-refractivity contribution < 1.29 is 23.8 Å². The summed E-state index contributed by atoms with van der Waals surface area (Å²) in [6.45, 7) is 10.9. The maximum Gasteiger partial charge on any atom is 0.242 e. The largest absolute Gasteiger partial charge is 0.493 e. The fourth-order valence-electron chi connectivity index (χ4n) is 3.89. The fourth-order valence-corrected chi connectivity index (χ4v) is 4.79. The van der Waals surface area contributed by atoms with E-state index in [1.54, 1.807) is 30.5 Å². The number of carbonyl (C=O) groups excluding carboxylic acids is 2. The van der Waals surface area contributed by atoms with E-state index in [9.17, 15) is 9.59 Å². The van der Waals surface area contributed by atoms with Crippen LogP contribution in [0.5, 0.6) is 11.5 Å². The summed E-state index contributed by atoms with van der Waals surface area (Å²) >= 11 is 1.69. The molecule has 0 atom stereocenters. The minimum Gasteiger partial charge on any atom is -0.493 e.